The fourth-order valence-corrected chi connectivity index (χ4v) is 6.37. The monoisotopic (exact) mass is 812 g/mol. The highest BCUT2D eigenvalue weighted by molar-refractivity contribution is 7.47. The predicted octanol–water partition coefficient (Wildman–Crippen LogP) is 11.4. The van der Waals surface area contributed by atoms with Gasteiger partial charge in [0.2, 0.25) is 0 Å². The molecule has 0 aromatic rings. The van der Waals surface area contributed by atoms with Crippen LogP contribution in [-0.4, -0.2) is 59.9 Å². The number of unbranched alkanes of at least 4 members (excludes halogenated alkanes) is 18. The van der Waals surface area contributed by atoms with Crippen LogP contribution >= 0.6 is 7.82 Å². The van der Waals surface area contributed by atoms with E-state index in [-0.39, 0.29) is 19.4 Å². The van der Waals surface area contributed by atoms with E-state index in [1.54, 1.807) is 0 Å². The topological polar surface area (TPSA) is 172 Å². The number of phosphoric ester groups is 1. The highest BCUT2D eigenvalue weighted by atomic mass is 31.2. The largest absolute Gasteiger partial charge is 0.480 e. The number of carbonyl (C=O) groups excluding carboxylic acids is 2. The average Bonchev–Trinajstić information content (AvgIpc) is 3.17. The van der Waals surface area contributed by atoms with Crippen molar-refractivity contribution in [1.82, 2.24) is 0 Å². The molecular formula is C44H78NO10P. The van der Waals surface area contributed by atoms with Crippen molar-refractivity contribution in [2.24, 2.45) is 5.73 Å². The van der Waals surface area contributed by atoms with E-state index in [0.717, 1.165) is 77.0 Å². The number of phosphoric acid groups is 1. The molecule has 0 heterocycles. The molecule has 0 saturated heterocycles. The average molecular weight is 812 g/mol. The smallest absolute Gasteiger partial charge is 0.472 e. The van der Waals surface area contributed by atoms with Crippen LogP contribution in [0.1, 0.15) is 181 Å². The molecule has 324 valence electrons. The maximum atomic E-state index is 12.6. The summed E-state index contributed by atoms with van der Waals surface area (Å²) < 4.78 is 32.7. The minimum Gasteiger partial charge on any atom is -0.480 e. The third-order valence-electron chi connectivity index (χ3n) is 9.05. The van der Waals surface area contributed by atoms with E-state index in [0.29, 0.717) is 12.8 Å². The van der Waals surface area contributed by atoms with Crippen molar-refractivity contribution in [2.45, 2.75) is 193 Å². The Morgan fingerprint density at radius 1 is 0.554 bits per heavy atom. The molecule has 0 radical (unpaired) electrons. The summed E-state index contributed by atoms with van der Waals surface area (Å²) in [6.45, 7) is 2.72. The van der Waals surface area contributed by atoms with Gasteiger partial charge in [0.1, 0.15) is 12.6 Å². The summed E-state index contributed by atoms with van der Waals surface area (Å²) in [5.74, 6) is -2.41. The second kappa shape index (κ2) is 39.3. The van der Waals surface area contributed by atoms with Gasteiger partial charge in [-0.2, -0.15) is 0 Å². The molecule has 0 rings (SSSR count). The zero-order chi connectivity index (χ0) is 41.4. The summed E-state index contributed by atoms with van der Waals surface area (Å²) in [6.07, 6.45) is 43.1. The van der Waals surface area contributed by atoms with Gasteiger partial charge < -0.3 is 25.2 Å². The van der Waals surface area contributed by atoms with Crippen LogP contribution in [0.25, 0.3) is 0 Å². The number of hydrogen-bond donors (Lipinski definition) is 3. The molecule has 0 saturated carbocycles. The molecule has 11 nitrogen and oxygen atoms in total. The molecule has 0 aliphatic carbocycles. The molecule has 0 aliphatic rings. The van der Waals surface area contributed by atoms with Gasteiger partial charge in [0.15, 0.2) is 6.10 Å². The first-order valence-corrected chi connectivity index (χ1v) is 23.2. The minimum atomic E-state index is -4.72. The summed E-state index contributed by atoms with van der Waals surface area (Å²) in [4.78, 5) is 45.9. The molecule has 3 atom stereocenters. The molecule has 0 aromatic carbocycles. The molecular weight excluding hydrogens is 733 g/mol. The Balaban J connectivity index is 4.40. The second-order valence-corrected chi connectivity index (χ2v) is 15.9. The van der Waals surface area contributed by atoms with Crippen LogP contribution in [0.4, 0.5) is 0 Å². The number of carboxylic acid groups (broad SMARTS) is 1. The first kappa shape index (κ1) is 53.4. The molecule has 0 amide bonds. The maximum absolute atomic E-state index is 12.6. The van der Waals surface area contributed by atoms with Gasteiger partial charge in [-0.1, -0.05) is 140 Å². The second-order valence-electron chi connectivity index (χ2n) is 14.5. The van der Waals surface area contributed by atoms with Crippen LogP contribution in [0.5, 0.6) is 0 Å². The molecule has 0 spiro atoms. The van der Waals surface area contributed by atoms with E-state index in [2.05, 4.69) is 67.0 Å². The van der Waals surface area contributed by atoms with Crippen molar-refractivity contribution in [3.8, 4) is 0 Å². The number of ether oxygens (including phenoxy) is 2. The number of nitrogens with two attached hydrogens (primary N) is 1. The predicted molar refractivity (Wildman–Crippen MR) is 226 cm³/mol. The van der Waals surface area contributed by atoms with Gasteiger partial charge in [0, 0.05) is 12.8 Å². The van der Waals surface area contributed by atoms with Crippen molar-refractivity contribution in [1.29, 1.82) is 0 Å². The fraction of sp³-hybridized carbons (Fsp3) is 0.750. The van der Waals surface area contributed by atoms with Crippen LogP contribution in [0, 0.1) is 0 Å². The first-order chi connectivity index (χ1) is 27.1. The Kier molecular flexibility index (Phi) is 37.5. The third kappa shape index (κ3) is 38.3. The number of carboxylic acids is 1. The number of hydrogen-bond acceptors (Lipinski definition) is 9. The Bertz CT molecular complexity index is 1140. The molecule has 56 heavy (non-hydrogen) atoms. The van der Waals surface area contributed by atoms with Crippen molar-refractivity contribution >= 4 is 25.7 Å². The van der Waals surface area contributed by atoms with Crippen LogP contribution < -0.4 is 5.73 Å². The van der Waals surface area contributed by atoms with Gasteiger partial charge in [-0.15, -0.1) is 0 Å². The van der Waals surface area contributed by atoms with E-state index in [9.17, 15) is 23.8 Å². The summed E-state index contributed by atoms with van der Waals surface area (Å²) in [7, 11) is -4.72. The highest BCUT2D eigenvalue weighted by Crippen LogP contribution is 2.43. The molecule has 4 N–H and O–H groups in total. The molecule has 0 aliphatic heterocycles. The summed E-state index contributed by atoms with van der Waals surface area (Å²) in [5.41, 5.74) is 5.33. The Labute approximate surface area is 339 Å². The Hall–Kier alpha value is -2.56. The quantitative estimate of drug-likeness (QED) is 0.0233. The van der Waals surface area contributed by atoms with E-state index >= 15 is 0 Å². The van der Waals surface area contributed by atoms with Gasteiger partial charge >= 0.3 is 25.7 Å². The number of carbonyl (C=O) groups is 3. The summed E-state index contributed by atoms with van der Waals surface area (Å²) in [6, 6.07) is -1.53. The van der Waals surface area contributed by atoms with Crippen molar-refractivity contribution in [3.05, 3.63) is 48.6 Å². The number of rotatable bonds is 40. The van der Waals surface area contributed by atoms with Crippen LogP contribution in [0.3, 0.4) is 0 Å². The number of allylic oxidation sites excluding steroid dienone is 8. The fourth-order valence-electron chi connectivity index (χ4n) is 5.59. The normalized spacial score (nSPS) is 14.2. The Morgan fingerprint density at radius 3 is 1.39 bits per heavy atom. The van der Waals surface area contributed by atoms with Gasteiger partial charge in [-0.25, -0.2) is 4.57 Å². The summed E-state index contributed by atoms with van der Waals surface area (Å²) in [5, 5.41) is 8.88. The van der Waals surface area contributed by atoms with E-state index < -0.39 is 51.1 Å². The molecule has 0 bridgehead atoms. The molecule has 12 heteroatoms. The summed E-state index contributed by atoms with van der Waals surface area (Å²) >= 11 is 0. The lowest BCUT2D eigenvalue weighted by Crippen LogP contribution is -2.34. The Morgan fingerprint density at radius 2 is 0.946 bits per heavy atom. The van der Waals surface area contributed by atoms with Crippen LogP contribution in [0.2, 0.25) is 0 Å². The first-order valence-electron chi connectivity index (χ1n) is 21.7. The lowest BCUT2D eigenvalue weighted by atomic mass is 10.1. The zero-order valence-electron chi connectivity index (χ0n) is 35.0. The van der Waals surface area contributed by atoms with E-state index in [4.69, 9.17) is 24.8 Å². The van der Waals surface area contributed by atoms with Crippen molar-refractivity contribution < 1.29 is 47.5 Å². The molecule has 0 fully saturated rings. The van der Waals surface area contributed by atoms with E-state index in [1.807, 2.05) is 0 Å². The van der Waals surface area contributed by atoms with Crippen LogP contribution in [0.15, 0.2) is 48.6 Å². The van der Waals surface area contributed by atoms with Gasteiger partial charge in [0.25, 0.3) is 0 Å². The molecule has 0 aromatic heterocycles. The van der Waals surface area contributed by atoms with Crippen molar-refractivity contribution in [2.75, 3.05) is 19.8 Å². The zero-order valence-corrected chi connectivity index (χ0v) is 35.9. The minimum absolute atomic E-state index is 0.142. The van der Waals surface area contributed by atoms with Crippen molar-refractivity contribution in [3.63, 3.8) is 0 Å². The number of esters is 2. The van der Waals surface area contributed by atoms with Gasteiger partial charge in [-0.05, 0) is 77.0 Å². The number of aliphatic carboxylic acids is 1. The lowest BCUT2D eigenvalue weighted by molar-refractivity contribution is -0.161. The molecule has 1 unspecified atom stereocenters. The van der Waals surface area contributed by atoms with Crippen LogP contribution in [-0.2, 0) is 37.5 Å². The SMILES string of the molecule is CCCCC/C=C/C/C=C/CCCCCCCCCC(=O)OC[C@H](COP(=O)(O)OC[C@H](N)C(=O)O)OC(=O)CCCCCCC/C=C/C/C=C/CCCCC. The standard InChI is InChI=1S/C44H78NO10P/c1-3-5-7-9-11-13-15-17-19-20-22-23-25-27-29-31-33-35-42(46)52-37-40(38-53-56(50,51)54-39-41(45)44(48)49)55-43(47)36-34-32-30-28-26-24-21-18-16-14-12-10-8-6-4-2/h11-14,17-19,21,40-41H,3-10,15-16,20,22-39,45H2,1-2H3,(H,48,49)(H,50,51)/b13-11+,14-12+,19-17+,21-18+/t40-,41+/m1/s1. The highest BCUT2D eigenvalue weighted by Gasteiger charge is 2.28. The van der Waals surface area contributed by atoms with Gasteiger partial charge in [-0.3, -0.25) is 23.4 Å². The lowest BCUT2D eigenvalue weighted by Gasteiger charge is -2.20. The van der Waals surface area contributed by atoms with Gasteiger partial charge in [0.05, 0.1) is 13.2 Å². The van der Waals surface area contributed by atoms with E-state index in [1.165, 1.54) is 64.2 Å². The third-order valence-corrected chi connectivity index (χ3v) is 10.0. The maximum Gasteiger partial charge on any atom is 0.472 e.